The quantitative estimate of drug-likeness (QED) is 0.868. The molecule has 1 saturated carbocycles. The second kappa shape index (κ2) is 4.67. The van der Waals surface area contributed by atoms with Gasteiger partial charge in [-0.25, -0.2) is 9.97 Å². The van der Waals surface area contributed by atoms with E-state index in [0.29, 0.717) is 21.4 Å². The van der Waals surface area contributed by atoms with Crippen LogP contribution in [-0.2, 0) is 0 Å². The number of hydrogen-bond acceptors (Lipinski definition) is 5. The lowest BCUT2D eigenvalue weighted by molar-refractivity contribution is 0.379. The Balaban J connectivity index is 2.02. The average Bonchev–Trinajstić information content (AvgIpc) is 2.23. The first-order valence-electron chi connectivity index (χ1n) is 5.22. The average molecular weight is 259 g/mol. The largest absolute Gasteiger partial charge is 0.382 e. The van der Waals surface area contributed by atoms with E-state index >= 15 is 0 Å². The molecule has 0 atom stereocenters. The SMILES string of the molecule is CSC1(CNc2ncnc(N)c2Cl)CCC1. The molecule has 88 valence electrons. The Morgan fingerprint density at radius 1 is 1.56 bits per heavy atom. The van der Waals surface area contributed by atoms with Gasteiger partial charge >= 0.3 is 0 Å². The first-order chi connectivity index (χ1) is 7.67. The summed E-state index contributed by atoms with van der Waals surface area (Å²) in [7, 11) is 0. The van der Waals surface area contributed by atoms with E-state index in [-0.39, 0.29) is 0 Å². The zero-order valence-corrected chi connectivity index (χ0v) is 10.7. The summed E-state index contributed by atoms with van der Waals surface area (Å²) in [4.78, 5) is 7.92. The highest BCUT2D eigenvalue weighted by Gasteiger charge is 2.36. The van der Waals surface area contributed by atoms with Crippen LogP contribution in [0, 0.1) is 0 Å². The number of rotatable bonds is 4. The lowest BCUT2D eigenvalue weighted by Crippen LogP contribution is -2.40. The molecule has 2 rings (SSSR count). The third-order valence-corrected chi connectivity index (χ3v) is 4.88. The number of aromatic nitrogens is 2. The minimum absolute atomic E-state index is 0.325. The molecule has 3 N–H and O–H groups in total. The molecule has 6 heteroatoms. The fourth-order valence-electron chi connectivity index (χ4n) is 1.78. The highest BCUT2D eigenvalue weighted by atomic mass is 35.5. The molecule has 0 aromatic carbocycles. The van der Waals surface area contributed by atoms with Crippen LogP contribution in [0.3, 0.4) is 0 Å². The van der Waals surface area contributed by atoms with E-state index in [9.17, 15) is 0 Å². The molecule has 1 aliphatic carbocycles. The lowest BCUT2D eigenvalue weighted by Gasteiger charge is -2.40. The monoisotopic (exact) mass is 258 g/mol. The van der Waals surface area contributed by atoms with Crippen LogP contribution in [0.15, 0.2) is 6.33 Å². The highest BCUT2D eigenvalue weighted by molar-refractivity contribution is 8.00. The van der Waals surface area contributed by atoms with Crippen LogP contribution in [-0.4, -0.2) is 27.5 Å². The maximum absolute atomic E-state index is 6.01. The summed E-state index contributed by atoms with van der Waals surface area (Å²) in [6, 6.07) is 0. The maximum atomic E-state index is 6.01. The molecule has 1 aromatic rings. The summed E-state index contributed by atoms with van der Waals surface area (Å²) in [5.41, 5.74) is 5.61. The van der Waals surface area contributed by atoms with Crippen molar-refractivity contribution in [3.63, 3.8) is 0 Å². The molecule has 16 heavy (non-hydrogen) atoms. The van der Waals surface area contributed by atoms with Crippen molar-refractivity contribution >= 4 is 35.0 Å². The Kier molecular flexibility index (Phi) is 3.44. The van der Waals surface area contributed by atoms with Crippen LogP contribution in [0.5, 0.6) is 0 Å². The van der Waals surface area contributed by atoms with Gasteiger partial charge < -0.3 is 11.1 Å². The van der Waals surface area contributed by atoms with E-state index in [0.717, 1.165) is 6.54 Å². The Labute approximate surface area is 104 Å². The number of nitrogens with one attached hydrogen (secondary N) is 1. The molecule has 1 aliphatic rings. The third kappa shape index (κ3) is 2.20. The maximum Gasteiger partial charge on any atom is 0.150 e. The van der Waals surface area contributed by atoms with Gasteiger partial charge in [-0.15, -0.1) is 0 Å². The van der Waals surface area contributed by atoms with E-state index in [1.54, 1.807) is 0 Å². The molecule has 0 amide bonds. The smallest absolute Gasteiger partial charge is 0.150 e. The van der Waals surface area contributed by atoms with Gasteiger partial charge in [0.1, 0.15) is 23.0 Å². The first kappa shape index (κ1) is 11.8. The molecule has 0 saturated heterocycles. The molecule has 4 nitrogen and oxygen atoms in total. The third-order valence-electron chi connectivity index (χ3n) is 3.09. The van der Waals surface area contributed by atoms with Gasteiger partial charge in [-0.05, 0) is 19.1 Å². The lowest BCUT2D eigenvalue weighted by atomic mass is 9.84. The second-order valence-corrected chi connectivity index (χ2v) is 5.67. The summed E-state index contributed by atoms with van der Waals surface area (Å²) in [6.07, 6.45) is 7.38. The molecule has 0 bridgehead atoms. The molecular weight excluding hydrogens is 244 g/mol. The van der Waals surface area contributed by atoms with Crippen molar-refractivity contribution in [2.45, 2.75) is 24.0 Å². The van der Waals surface area contributed by atoms with Gasteiger partial charge in [0.05, 0.1) is 0 Å². The number of anilines is 2. The topological polar surface area (TPSA) is 63.8 Å². The minimum Gasteiger partial charge on any atom is -0.382 e. The molecule has 0 unspecified atom stereocenters. The van der Waals surface area contributed by atoms with Gasteiger partial charge in [-0.3, -0.25) is 0 Å². The molecule has 0 aliphatic heterocycles. The predicted octanol–water partition coefficient (Wildman–Crippen LogP) is 2.41. The van der Waals surface area contributed by atoms with Gasteiger partial charge in [-0.1, -0.05) is 18.0 Å². The zero-order chi connectivity index (χ0) is 11.6. The normalized spacial score (nSPS) is 17.9. The Morgan fingerprint density at radius 2 is 2.31 bits per heavy atom. The second-order valence-electron chi connectivity index (χ2n) is 4.02. The standard InChI is InChI=1S/C10H15ClN4S/c1-16-10(3-2-4-10)5-13-9-7(11)8(12)14-6-15-9/h6H,2-5H2,1H3,(H3,12,13,14,15). The van der Waals surface area contributed by atoms with Crippen molar-refractivity contribution in [2.24, 2.45) is 0 Å². The number of nitrogen functional groups attached to an aromatic ring is 1. The van der Waals surface area contributed by atoms with Crippen molar-refractivity contribution < 1.29 is 0 Å². The Bertz CT molecular complexity index is 376. The Morgan fingerprint density at radius 3 is 2.88 bits per heavy atom. The molecule has 1 heterocycles. The van der Waals surface area contributed by atoms with E-state index < -0.39 is 0 Å². The Hall–Kier alpha value is -0.680. The minimum atomic E-state index is 0.325. The van der Waals surface area contributed by atoms with E-state index in [1.165, 1.54) is 25.6 Å². The summed E-state index contributed by atoms with van der Waals surface area (Å²) < 4.78 is 0.350. The molecule has 0 radical (unpaired) electrons. The van der Waals surface area contributed by atoms with Gasteiger partial charge in [0.2, 0.25) is 0 Å². The first-order valence-corrected chi connectivity index (χ1v) is 6.82. The number of halogens is 1. The highest BCUT2D eigenvalue weighted by Crippen LogP contribution is 2.43. The number of thioether (sulfide) groups is 1. The van der Waals surface area contributed by atoms with Crippen LogP contribution in [0.4, 0.5) is 11.6 Å². The summed E-state index contributed by atoms with van der Waals surface area (Å²) in [6.45, 7) is 0.879. The van der Waals surface area contributed by atoms with Gasteiger partial charge in [-0.2, -0.15) is 11.8 Å². The van der Waals surface area contributed by atoms with Crippen LogP contribution in [0.2, 0.25) is 5.02 Å². The van der Waals surface area contributed by atoms with Gasteiger partial charge in [0, 0.05) is 11.3 Å². The van der Waals surface area contributed by atoms with E-state index in [1.807, 2.05) is 11.8 Å². The van der Waals surface area contributed by atoms with Crippen molar-refractivity contribution in [1.82, 2.24) is 9.97 Å². The molecular formula is C10H15ClN4S. The number of hydrogen-bond donors (Lipinski definition) is 2. The fourth-order valence-corrected chi connectivity index (χ4v) is 2.85. The summed E-state index contributed by atoms with van der Waals surface area (Å²) in [5.74, 6) is 0.959. The van der Waals surface area contributed by atoms with Crippen LogP contribution in [0.25, 0.3) is 0 Å². The number of nitrogens with two attached hydrogens (primary N) is 1. The number of nitrogens with zero attached hydrogens (tertiary/aromatic N) is 2. The summed E-state index contributed by atoms with van der Waals surface area (Å²) >= 11 is 7.92. The molecule has 0 spiro atoms. The van der Waals surface area contributed by atoms with Crippen molar-refractivity contribution in [3.8, 4) is 0 Å². The predicted molar refractivity (Wildman–Crippen MR) is 70.0 cm³/mol. The van der Waals surface area contributed by atoms with Crippen molar-refractivity contribution in [3.05, 3.63) is 11.3 Å². The van der Waals surface area contributed by atoms with Gasteiger partial charge in [0.15, 0.2) is 0 Å². The van der Waals surface area contributed by atoms with Crippen LogP contribution >= 0.6 is 23.4 Å². The van der Waals surface area contributed by atoms with Crippen LogP contribution < -0.4 is 11.1 Å². The fraction of sp³-hybridized carbons (Fsp3) is 0.600. The van der Waals surface area contributed by atoms with E-state index in [4.69, 9.17) is 17.3 Å². The zero-order valence-electron chi connectivity index (χ0n) is 9.16. The summed E-state index contributed by atoms with van der Waals surface area (Å²) in [5, 5.41) is 3.68. The van der Waals surface area contributed by atoms with E-state index in [2.05, 4.69) is 21.5 Å². The molecule has 1 fully saturated rings. The molecule has 1 aromatic heterocycles. The van der Waals surface area contributed by atoms with Gasteiger partial charge in [0.25, 0.3) is 0 Å². The van der Waals surface area contributed by atoms with Crippen LogP contribution in [0.1, 0.15) is 19.3 Å². The van der Waals surface area contributed by atoms with Crippen molar-refractivity contribution in [1.29, 1.82) is 0 Å². The van der Waals surface area contributed by atoms with Crippen molar-refractivity contribution in [2.75, 3.05) is 23.9 Å².